The lowest BCUT2D eigenvalue weighted by atomic mass is 9.84. The van der Waals surface area contributed by atoms with E-state index in [4.69, 9.17) is 14.2 Å². The van der Waals surface area contributed by atoms with Crippen LogP contribution in [0.2, 0.25) is 0 Å². The standard InChI is InChI=1S/C19H31NO4/c1-3-5-7-17-22-13-19(12-20,14-23-17)18(21)24-16-10-8-15(6-4-2)9-11-16/h15-17H,3-11,13-14H2,1-2H3/t15?,16?,17-,19+. The maximum absolute atomic E-state index is 12.5. The molecule has 0 bridgehead atoms. The van der Waals surface area contributed by atoms with Gasteiger partial charge in [0, 0.05) is 0 Å². The normalized spacial score (nSPS) is 33.6. The van der Waals surface area contributed by atoms with Crippen LogP contribution < -0.4 is 0 Å². The summed E-state index contributed by atoms with van der Waals surface area (Å²) in [7, 11) is 0. The number of hydrogen-bond donors (Lipinski definition) is 0. The number of carbonyl (C=O) groups excluding carboxylic acids is 1. The molecule has 0 N–H and O–H groups in total. The summed E-state index contributed by atoms with van der Waals surface area (Å²) >= 11 is 0. The van der Waals surface area contributed by atoms with Gasteiger partial charge in [0.25, 0.3) is 0 Å². The predicted molar refractivity (Wildman–Crippen MR) is 90.0 cm³/mol. The topological polar surface area (TPSA) is 68.5 Å². The number of carbonyl (C=O) groups is 1. The Labute approximate surface area is 145 Å². The van der Waals surface area contributed by atoms with Crippen LogP contribution in [0.15, 0.2) is 0 Å². The van der Waals surface area contributed by atoms with Crippen LogP contribution in [0, 0.1) is 22.7 Å². The first-order chi connectivity index (χ1) is 11.6. The molecule has 1 aliphatic carbocycles. The van der Waals surface area contributed by atoms with Crippen molar-refractivity contribution in [3.05, 3.63) is 0 Å². The smallest absolute Gasteiger partial charge is 0.331 e. The summed E-state index contributed by atoms with van der Waals surface area (Å²) in [6, 6.07) is 2.09. The Bertz CT molecular complexity index is 429. The fourth-order valence-electron chi connectivity index (χ4n) is 3.54. The van der Waals surface area contributed by atoms with Gasteiger partial charge in [-0.3, -0.25) is 4.79 Å². The highest BCUT2D eigenvalue weighted by atomic mass is 16.7. The number of rotatable bonds is 7. The Hall–Kier alpha value is -1.12. The Morgan fingerprint density at radius 2 is 1.79 bits per heavy atom. The van der Waals surface area contributed by atoms with E-state index in [1.165, 1.54) is 12.8 Å². The second-order valence-electron chi connectivity index (χ2n) is 7.22. The van der Waals surface area contributed by atoms with Crippen molar-refractivity contribution in [3.63, 3.8) is 0 Å². The van der Waals surface area contributed by atoms with Gasteiger partial charge in [0.15, 0.2) is 6.29 Å². The molecule has 0 spiro atoms. The molecule has 2 fully saturated rings. The predicted octanol–water partition coefficient (Wildman–Crippen LogP) is 3.96. The molecule has 1 saturated carbocycles. The van der Waals surface area contributed by atoms with Crippen LogP contribution >= 0.6 is 0 Å². The minimum Gasteiger partial charge on any atom is -0.461 e. The van der Waals surface area contributed by atoms with Crippen LogP contribution in [0.25, 0.3) is 0 Å². The Balaban J connectivity index is 1.81. The molecule has 0 aromatic rings. The molecule has 24 heavy (non-hydrogen) atoms. The van der Waals surface area contributed by atoms with E-state index < -0.39 is 11.4 Å². The fourth-order valence-corrected chi connectivity index (χ4v) is 3.54. The third-order valence-corrected chi connectivity index (χ3v) is 5.19. The van der Waals surface area contributed by atoms with Gasteiger partial charge in [-0.1, -0.05) is 33.1 Å². The Morgan fingerprint density at radius 3 is 2.33 bits per heavy atom. The van der Waals surface area contributed by atoms with Gasteiger partial charge in [-0.05, 0) is 44.4 Å². The molecular weight excluding hydrogens is 306 g/mol. The van der Waals surface area contributed by atoms with E-state index in [9.17, 15) is 10.1 Å². The van der Waals surface area contributed by atoms with Gasteiger partial charge in [-0.2, -0.15) is 5.26 Å². The van der Waals surface area contributed by atoms with Crippen LogP contribution in [0.3, 0.4) is 0 Å². The van der Waals surface area contributed by atoms with E-state index in [0.717, 1.165) is 50.9 Å². The Morgan fingerprint density at radius 1 is 1.12 bits per heavy atom. The quantitative estimate of drug-likeness (QED) is 0.658. The molecule has 0 atom stereocenters. The van der Waals surface area contributed by atoms with Gasteiger partial charge < -0.3 is 14.2 Å². The lowest BCUT2D eigenvalue weighted by molar-refractivity contribution is -0.228. The highest BCUT2D eigenvalue weighted by Gasteiger charge is 2.46. The second kappa shape index (κ2) is 9.39. The van der Waals surface area contributed by atoms with Gasteiger partial charge in [0.2, 0.25) is 5.41 Å². The summed E-state index contributed by atoms with van der Waals surface area (Å²) in [6.45, 7) is 4.46. The number of ether oxygens (including phenoxy) is 3. The van der Waals surface area contributed by atoms with Crippen molar-refractivity contribution >= 4 is 5.97 Å². The summed E-state index contributed by atoms with van der Waals surface area (Å²) in [5.74, 6) is 0.286. The molecule has 136 valence electrons. The average molecular weight is 337 g/mol. The van der Waals surface area contributed by atoms with Crippen LogP contribution in [0.1, 0.15) is 71.6 Å². The van der Waals surface area contributed by atoms with Crippen LogP contribution in [-0.2, 0) is 19.0 Å². The monoisotopic (exact) mass is 337 g/mol. The molecule has 2 aliphatic rings. The number of esters is 1. The van der Waals surface area contributed by atoms with Crippen molar-refractivity contribution in [2.75, 3.05) is 13.2 Å². The third kappa shape index (κ3) is 4.94. The largest absolute Gasteiger partial charge is 0.461 e. The van der Waals surface area contributed by atoms with Crippen molar-refractivity contribution in [1.82, 2.24) is 0 Å². The molecule has 1 heterocycles. The van der Waals surface area contributed by atoms with Crippen molar-refractivity contribution in [2.45, 2.75) is 84.0 Å². The summed E-state index contributed by atoms with van der Waals surface area (Å²) < 4.78 is 16.8. The highest BCUT2D eigenvalue weighted by molar-refractivity contribution is 5.80. The summed E-state index contributed by atoms with van der Waals surface area (Å²) in [5.41, 5.74) is -1.30. The van der Waals surface area contributed by atoms with Gasteiger partial charge in [0.1, 0.15) is 6.10 Å². The van der Waals surface area contributed by atoms with Gasteiger partial charge in [-0.15, -0.1) is 0 Å². The minimum atomic E-state index is -1.30. The van der Waals surface area contributed by atoms with E-state index in [1.807, 2.05) is 0 Å². The maximum atomic E-state index is 12.5. The molecule has 5 nitrogen and oxygen atoms in total. The molecule has 1 saturated heterocycles. The fraction of sp³-hybridized carbons (Fsp3) is 0.895. The SMILES string of the molecule is CCCC[C@H]1OC[C@@](C#N)(C(=O)OC2CCC(CCC)CC2)CO1. The first-order valence-electron chi connectivity index (χ1n) is 9.49. The molecule has 0 amide bonds. The number of hydrogen-bond acceptors (Lipinski definition) is 5. The average Bonchev–Trinajstić information content (AvgIpc) is 2.62. The number of unbranched alkanes of at least 4 members (excludes halogenated alkanes) is 1. The highest BCUT2D eigenvalue weighted by Crippen LogP contribution is 2.32. The van der Waals surface area contributed by atoms with Gasteiger partial charge in [0.05, 0.1) is 19.3 Å². The number of nitrogens with zero attached hydrogens (tertiary/aromatic N) is 1. The van der Waals surface area contributed by atoms with Crippen molar-refractivity contribution < 1.29 is 19.0 Å². The van der Waals surface area contributed by atoms with Crippen LogP contribution in [-0.4, -0.2) is 31.6 Å². The van der Waals surface area contributed by atoms with E-state index in [0.29, 0.717) is 0 Å². The molecular formula is C19H31NO4. The number of nitriles is 1. The first-order valence-corrected chi connectivity index (χ1v) is 9.49. The molecule has 2 rings (SSSR count). The summed E-state index contributed by atoms with van der Waals surface area (Å²) in [4.78, 5) is 12.5. The van der Waals surface area contributed by atoms with Crippen molar-refractivity contribution in [2.24, 2.45) is 11.3 Å². The molecule has 0 aromatic heterocycles. The van der Waals surface area contributed by atoms with E-state index in [1.54, 1.807) is 0 Å². The van der Waals surface area contributed by atoms with Gasteiger partial charge >= 0.3 is 5.97 Å². The zero-order valence-corrected chi connectivity index (χ0v) is 15.1. The molecule has 0 aromatic carbocycles. The Kier molecular flexibility index (Phi) is 7.51. The summed E-state index contributed by atoms with van der Waals surface area (Å²) in [6.07, 6.45) is 8.99. The van der Waals surface area contributed by atoms with Crippen LogP contribution in [0.5, 0.6) is 0 Å². The zero-order valence-electron chi connectivity index (χ0n) is 15.1. The van der Waals surface area contributed by atoms with Crippen LogP contribution in [0.4, 0.5) is 0 Å². The molecule has 0 unspecified atom stereocenters. The second-order valence-corrected chi connectivity index (χ2v) is 7.22. The molecule has 1 aliphatic heterocycles. The third-order valence-electron chi connectivity index (χ3n) is 5.19. The molecule has 5 heteroatoms. The lowest BCUT2D eigenvalue weighted by Crippen LogP contribution is -2.48. The first kappa shape index (κ1) is 19.2. The van der Waals surface area contributed by atoms with Crippen molar-refractivity contribution in [3.8, 4) is 6.07 Å². The van der Waals surface area contributed by atoms with Gasteiger partial charge in [-0.25, -0.2) is 0 Å². The van der Waals surface area contributed by atoms with E-state index in [2.05, 4.69) is 19.9 Å². The lowest BCUT2D eigenvalue weighted by Gasteiger charge is -2.35. The minimum absolute atomic E-state index is 0.0614. The zero-order chi connectivity index (χ0) is 17.4. The van der Waals surface area contributed by atoms with Crippen molar-refractivity contribution in [1.29, 1.82) is 5.26 Å². The van der Waals surface area contributed by atoms with E-state index in [-0.39, 0.29) is 25.6 Å². The van der Waals surface area contributed by atoms with E-state index >= 15 is 0 Å². The molecule has 0 radical (unpaired) electrons. The summed E-state index contributed by atoms with van der Waals surface area (Å²) in [5, 5.41) is 9.50. The maximum Gasteiger partial charge on any atom is 0.331 e.